The van der Waals surface area contributed by atoms with Gasteiger partial charge in [0.05, 0.1) is 12.1 Å². The lowest BCUT2D eigenvalue weighted by Crippen LogP contribution is -2.51. The number of anilines is 2. The van der Waals surface area contributed by atoms with E-state index in [-0.39, 0.29) is 18.3 Å². The highest BCUT2D eigenvalue weighted by Gasteiger charge is 2.31. The molecule has 1 fully saturated rings. The van der Waals surface area contributed by atoms with E-state index in [1.165, 1.54) is 29.7 Å². The molecular formula is C29H27F4N5OS. The third kappa shape index (κ3) is 6.95. The van der Waals surface area contributed by atoms with E-state index in [9.17, 15) is 22.4 Å². The number of alkyl halides is 3. The molecule has 1 aromatic heterocycles. The zero-order chi connectivity index (χ0) is 28.1. The average Bonchev–Trinajstić information content (AvgIpc) is 3.42. The van der Waals surface area contributed by atoms with E-state index in [0.29, 0.717) is 55.8 Å². The summed E-state index contributed by atoms with van der Waals surface area (Å²) in [6.45, 7) is 2.23. The predicted molar refractivity (Wildman–Crippen MR) is 147 cm³/mol. The maximum absolute atomic E-state index is 13.4. The minimum Gasteiger partial charge on any atom is -0.368 e. The molecule has 40 heavy (non-hydrogen) atoms. The van der Waals surface area contributed by atoms with E-state index >= 15 is 0 Å². The van der Waals surface area contributed by atoms with Crippen molar-refractivity contribution < 1.29 is 22.4 Å². The number of halogens is 4. The second-order valence-electron chi connectivity index (χ2n) is 9.55. The second kappa shape index (κ2) is 12.0. The van der Waals surface area contributed by atoms with Crippen molar-refractivity contribution >= 4 is 28.3 Å². The van der Waals surface area contributed by atoms with Gasteiger partial charge in [-0.05, 0) is 41.5 Å². The quantitative estimate of drug-likeness (QED) is 0.257. The maximum Gasteiger partial charge on any atom is 0.416 e. The Hall–Kier alpha value is -3.99. The van der Waals surface area contributed by atoms with Crippen LogP contribution in [-0.2, 0) is 23.9 Å². The first kappa shape index (κ1) is 27.6. The molecule has 6 nitrogen and oxygen atoms in total. The van der Waals surface area contributed by atoms with E-state index in [0.717, 1.165) is 23.3 Å². The summed E-state index contributed by atoms with van der Waals surface area (Å²) in [6, 6.07) is 21.2. The molecule has 208 valence electrons. The Morgan fingerprint density at radius 1 is 0.900 bits per heavy atom. The number of carbonyl (C=O) groups excluding carboxylic acids is 1. The summed E-state index contributed by atoms with van der Waals surface area (Å²) >= 11 is 1.21. The van der Waals surface area contributed by atoms with Gasteiger partial charge >= 0.3 is 6.18 Å². The molecule has 1 aliphatic rings. The molecule has 3 aromatic carbocycles. The number of aromatic nitrogens is 2. The molecule has 0 saturated carbocycles. The van der Waals surface area contributed by atoms with Gasteiger partial charge in [-0.2, -0.15) is 17.5 Å². The molecule has 0 bridgehead atoms. The lowest BCUT2D eigenvalue weighted by molar-refractivity contribution is -0.137. The first-order valence-electron chi connectivity index (χ1n) is 12.8. The number of amides is 1. The van der Waals surface area contributed by atoms with Crippen LogP contribution in [0.25, 0.3) is 0 Å². The van der Waals surface area contributed by atoms with Crippen molar-refractivity contribution in [3.05, 3.63) is 107 Å². The van der Waals surface area contributed by atoms with Gasteiger partial charge in [-0.3, -0.25) is 4.79 Å². The number of hydrogen-bond acceptors (Lipinski definition) is 6. The molecular weight excluding hydrogens is 542 g/mol. The molecule has 11 heteroatoms. The number of carbonyl (C=O) groups is 1. The van der Waals surface area contributed by atoms with Crippen molar-refractivity contribution in [3.8, 4) is 0 Å². The molecule has 2 heterocycles. The zero-order valence-corrected chi connectivity index (χ0v) is 22.3. The van der Waals surface area contributed by atoms with E-state index in [2.05, 4.69) is 9.36 Å². The molecule has 0 N–H and O–H groups in total. The standard InChI is InChI=1S/C29H27F4N5OS/c30-24-11-9-21(10-12-24)17-26-34-28(40-35-26)38(19-22-5-2-1-3-6-22)20-27(39)37-15-13-36(14-16-37)25-8-4-7-23(18-25)29(31,32)33/h1-12,18H,13-17,19-20H2. The highest BCUT2D eigenvalue weighted by Crippen LogP contribution is 2.32. The van der Waals surface area contributed by atoms with Gasteiger partial charge in [-0.25, -0.2) is 9.37 Å². The van der Waals surface area contributed by atoms with Gasteiger partial charge in [0.1, 0.15) is 11.6 Å². The summed E-state index contributed by atoms with van der Waals surface area (Å²) in [7, 11) is 0. The Kier molecular flexibility index (Phi) is 8.29. The van der Waals surface area contributed by atoms with E-state index in [1.807, 2.05) is 40.1 Å². The third-order valence-electron chi connectivity index (χ3n) is 6.72. The Labute approximate surface area is 233 Å². The monoisotopic (exact) mass is 569 g/mol. The van der Waals surface area contributed by atoms with Gasteiger partial charge in [0, 0.05) is 56.4 Å². The topological polar surface area (TPSA) is 52.6 Å². The van der Waals surface area contributed by atoms with Gasteiger partial charge in [0.2, 0.25) is 11.0 Å². The van der Waals surface area contributed by atoms with Crippen molar-refractivity contribution in [2.75, 3.05) is 42.5 Å². The molecule has 0 aliphatic carbocycles. The fourth-order valence-electron chi connectivity index (χ4n) is 4.58. The smallest absolute Gasteiger partial charge is 0.368 e. The third-order valence-corrected chi connectivity index (χ3v) is 7.53. The number of rotatable bonds is 8. The van der Waals surface area contributed by atoms with E-state index in [1.54, 1.807) is 23.1 Å². The van der Waals surface area contributed by atoms with E-state index < -0.39 is 11.7 Å². The molecule has 1 amide bonds. The highest BCUT2D eigenvalue weighted by molar-refractivity contribution is 7.09. The van der Waals surface area contributed by atoms with Crippen LogP contribution in [0, 0.1) is 5.82 Å². The summed E-state index contributed by atoms with van der Waals surface area (Å²) in [5.41, 5.74) is 1.71. The van der Waals surface area contributed by atoms with Crippen LogP contribution in [0.5, 0.6) is 0 Å². The average molecular weight is 570 g/mol. The molecule has 5 rings (SSSR count). The first-order chi connectivity index (χ1) is 19.2. The summed E-state index contributed by atoms with van der Waals surface area (Å²) in [5.74, 6) is 0.195. The second-order valence-corrected chi connectivity index (χ2v) is 10.3. The molecule has 1 saturated heterocycles. The molecule has 0 radical (unpaired) electrons. The van der Waals surface area contributed by atoms with Crippen LogP contribution < -0.4 is 9.80 Å². The molecule has 0 atom stereocenters. The van der Waals surface area contributed by atoms with E-state index in [4.69, 9.17) is 0 Å². The molecule has 4 aromatic rings. The normalized spacial score (nSPS) is 13.9. The van der Waals surface area contributed by atoms with Crippen molar-refractivity contribution in [3.63, 3.8) is 0 Å². The molecule has 1 aliphatic heterocycles. The van der Waals surface area contributed by atoms with Crippen LogP contribution in [0.2, 0.25) is 0 Å². The minimum absolute atomic E-state index is 0.0869. The molecule has 0 unspecified atom stereocenters. The number of piperazine rings is 1. The SMILES string of the molecule is O=C(CN(Cc1ccccc1)c1nc(Cc2ccc(F)cc2)ns1)N1CCN(c2cccc(C(F)(F)F)c2)CC1. The highest BCUT2D eigenvalue weighted by atomic mass is 32.1. The number of benzene rings is 3. The van der Waals surface area contributed by atoms with Crippen LogP contribution in [0.15, 0.2) is 78.9 Å². The van der Waals surface area contributed by atoms with Crippen molar-refractivity contribution in [1.29, 1.82) is 0 Å². The first-order valence-corrected chi connectivity index (χ1v) is 13.6. The fraction of sp³-hybridized carbons (Fsp3) is 0.276. The largest absolute Gasteiger partial charge is 0.416 e. The number of hydrogen-bond donors (Lipinski definition) is 0. The van der Waals surface area contributed by atoms with Gasteiger partial charge < -0.3 is 14.7 Å². The van der Waals surface area contributed by atoms with Crippen molar-refractivity contribution in [1.82, 2.24) is 14.3 Å². The van der Waals surface area contributed by atoms with Crippen molar-refractivity contribution in [2.24, 2.45) is 0 Å². The zero-order valence-electron chi connectivity index (χ0n) is 21.5. The van der Waals surface area contributed by atoms with Gasteiger partial charge in [0.15, 0.2) is 0 Å². The van der Waals surface area contributed by atoms with Crippen LogP contribution in [-0.4, -0.2) is 52.9 Å². The Morgan fingerprint density at radius 3 is 2.33 bits per heavy atom. The Bertz CT molecular complexity index is 1420. The maximum atomic E-state index is 13.4. The minimum atomic E-state index is -4.40. The molecule has 0 spiro atoms. The lowest BCUT2D eigenvalue weighted by atomic mass is 10.1. The van der Waals surface area contributed by atoms with Crippen LogP contribution in [0.3, 0.4) is 0 Å². The van der Waals surface area contributed by atoms with Crippen LogP contribution >= 0.6 is 11.5 Å². The summed E-state index contributed by atoms with van der Waals surface area (Å²) in [4.78, 5) is 23.5. The fourth-order valence-corrected chi connectivity index (χ4v) is 5.26. The summed E-state index contributed by atoms with van der Waals surface area (Å²) in [5, 5.41) is 0.608. The van der Waals surface area contributed by atoms with Crippen LogP contribution in [0.4, 0.5) is 28.4 Å². The summed E-state index contributed by atoms with van der Waals surface area (Å²) < 4.78 is 57.2. The van der Waals surface area contributed by atoms with Gasteiger partial charge in [0.25, 0.3) is 0 Å². The van der Waals surface area contributed by atoms with Gasteiger partial charge in [-0.1, -0.05) is 48.5 Å². The van der Waals surface area contributed by atoms with Crippen LogP contribution in [0.1, 0.15) is 22.5 Å². The predicted octanol–water partition coefficient (Wildman–Crippen LogP) is 5.64. The Balaban J connectivity index is 1.25. The van der Waals surface area contributed by atoms with Gasteiger partial charge in [-0.15, -0.1) is 0 Å². The number of nitrogens with zero attached hydrogens (tertiary/aromatic N) is 5. The van der Waals surface area contributed by atoms with Crippen molar-refractivity contribution in [2.45, 2.75) is 19.1 Å². The lowest BCUT2D eigenvalue weighted by Gasteiger charge is -2.37. The Morgan fingerprint density at radius 2 is 1.62 bits per heavy atom. The summed E-state index contributed by atoms with van der Waals surface area (Å²) in [6.07, 6.45) is -3.96.